The van der Waals surface area contributed by atoms with Gasteiger partial charge in [0.25, 0.3) is 0 Å². The SMILES string of the molecule is CNCc1csc(Cc2ccc(C(C)(C)C)cc2)n1. The fraction of sp³-hybridized carbons (Fsp3) is 0.438. The number of benzene rings is 1. The standard InChI is InChI=1S/C16H22N2S/c1-16(2,3)13-7-5-12(6-8-13)9-15-18-14(10-17-4)11-19-15/h5-8,11,17H,9-10H2,1-4H3. The molecular weight excluding hydrogens is 252 g/mol. The van der Waals surface area contributed by atoms with Crippen LogP contribution in [0.15, 0.2) is 29.6 Å². The summed E-state index contributed by atoms with van der Waals surface area (Å²) < 4.78 is 0. The summed E-state index contributed by atoms with van der Waals surface area (Å²) >= 11 is 1.74. The predicted molar refractivity (Wildman–Crippen MR) is 82.8 cm³/mol. The van der Waals surface area contributed by atoms with Crippen molar-refractivity contribution in [1.82, 2.24) is 10.3 Å². The molecule has 102 valence electrons. The van der Waals surface area contributed by atoms with Crippen LogP contribution in [0, 0.1) is 0 Å². The van der Waals surface area contributed by atoms with Gasteiger partial charge in [0, 0.05) is 18.3 Å². The van der Waals surface area contributed by atoms with Crippen molar-refractivity contribution in [2.75, 3.05) is 7.05 Å². The second kappa shape index (κ2) is 5.85. The molecule has 2 aromatic rings. The molecule has 19 heavy (non-hydrogen) atoms. The van der Waals surface area contributed by atoms with E-state index >= 15 is 0 Å². The maximum absolute atomic E-state index is 4.62. The molecule has 0 saturated heterocycles. The first kappa shape index (κ1) is 14.2. The minimum Gasteiger partial charge on any atom is -0.314 e. The largest absolute Gasteiger partial charge is 0.314 e. The zero-order chi connectivity index (χ0) is 13.9. The molecule has 1 aromatic carbocycles. The Morgan fingerprint density at radius 3 is 2.42 bits per heavy atom. The van der Waals surface area contributed by atoms with E-state index in [4.69, 9.17) is 0 Å². The summed E-state index contributed by atoms with van der Waals surface area (Å²) in [5.74, 6) is 0. The fourth-order valence-corrected chi connectivity index (χ4v) is 2.82. The maximum Gasteiger partial charge on any atom is 0.0972 e. The molecule has 0 saturated carbocycles. The first-order valence-electron chi connectivity index (χ1n) is 6.66. The van der Waals surface area contributed by atoms with Crippen molar-refractivity contribution in [2.45, 2.75) is 39.2 Å². The zero-order valence-corrected chi connectivity index (χ0v) is 13.0. The topological polar surface area (TPSA) is 24.9 Å². The van der Waals surface area contributed by atoms with Crippen LogP contribution < -0.4 is 5.32 Å². The Hall–Kier alpha value is -1.19. The molecule has 1 aromatic heterocycles. The summed E-state index contributed by atoms with van der Waals surface area (Å²) in [6, 6.07) is 8.91. The summed E-state index contributed by atoms with van der Waals surface area (Å²) in [6.07, 6.45) is 0.929. The van der Waals surface area contributed by atoms with Crippen LogP contribution in [0.4, 0.5) is 0 Å². The Kier molecular flexibility index (Phi) is 4.38. The van der Waals surface area contributed by atoms with Gasteiger partial charge >= 0.3 is 0 Å². The summed E-state index contributed by atoms with van der Waals surface area (Å²) in [5, 5.41) is 6.45. The molecule has 1 N–H and O–H groups in total. The first-order chi connectivity index (χ1) is 8.99. The molecule has 0 aliphatic rings. The Labute approximate surface area is 119 Å². The smallest absolute Gasteiger partial charge is 0.0972 e. The molecule has 0 aliphatic heterocycles. The van der Waals surface area contributed by atoms with Crippen molar-refractivity contribution >= 4 is 11.3 Å². The fourth-order valence-electron chi connectivity index (χ4n) is 1.99. The van der Waals surface area contributed by atoms with Gasteiger partial charge in [0.1, 0.15) is 0 Å². The molecule has 0 unspecified atom stereocenters. The third-order valence-electron chi connectivity index (χ3n) is 3.13. The van der Waals surface area contributed by atoms with Crippen molar-refractivity contribution < 1.29 is 0 Å². The van der Waals surface area contributed by atoms with Crippen molar-refractivity contribution in [3.8, 4) is 0 Å². The molecular formula is C16H22N2S. The van der Waals surface area contributed by atoms with Gasteiger partial charge in [-0.15, -0.1) is 11.3 Å². The highest BCUT2D eigenvalue weighted by molar-refractivity contribution is 7.09. The molecule has 0 fully saturated rings. The molecule has 0 radical (unpaired) electrons. The van der Waals surface area contributed by atoms with E-state index in [0.29, 0.717) is 0 Å². The molecule has 2 nitrogen and oxygen atoms in total. The van der Waals surface area contributed by atoms with E-state index in [1.807, 2.05) is 7.05 Å². The summed E-state index contributed by atoms with van der Waals surface area (Å²) in [5.41, 5.74) is 4.07. The van der Waals surface area contributed by atoms with Gasteiger partial charge in [-0.2, -0.15) is 0 Å². The van der Waals surface area contributed by atoms with Crippen molar-refractivity contribution in [2.24, 2.45) is 0 Å². The van der Waals surface area contributed by atoms with E-state index in [2.05, 4.69) is 60.7 Å². The van der Waals surface area contributed by atoms with E-state index in [1.54, 1.807) is 11.3 Å². The lowest BCUT2D eigenvalue weighted by Gasteiger charge is -2.19. The van der Waals surface area contributed by atoms with E-state index in [9.17, 15) is 0 Å². The second-order valence-electron chi connectivity index (χ2n) is 5.89. The Bertz CT molecular complexity index is 520. The number of nitrogens with zero attached hydrogens (tertiary/aromatic N) is 1. The van der Waals surface area contributed by atoms with E-state index in [-0.39, 0.29) is 5.41 Å². The van der Waals surface area contributed by atoms with E-state index < -0.39 is 0 Å². The van der Waals surface area contributed by atoms with Gasteiger partial charge in [0.05, 0.1) is 10.7 Å². The monoisotopic (exact) mass is 274 g/mol. The van der Waals surface area contributed by atoms with Crippen molar-refractivity contribution in [3.63, 3.8) is 0 Å². The number of nitrogens with one attached hydrogen (secondary N) is 1. The number of hydrogen-bond donors (Lipinski definition) is 1. The lowest BCUT2D eigenvalue weighted by atomic mass is 9.86. The van der Waals surface area contributed by atoms with E-state index in [1.165, 1.54) is 16.1 Å². The van der Waals surface area contributed by atoms with Crippen LogP contribution in [0.1, 0.15) is 42.6 Å². The molecule has 2 rings (SSSR count). The zero-order valence-electron chi connectivity index (χ0n) is 12.2. The number of rotatable bonds is 4. The maximum atomic E-state index is 4.62. The first-order valence-corrected chi connectivity index (χ1v) is 7.54. The van der Waals surface area contributed by atoms with Gasteiger partial charge in [-0.25, -0.2) is 4.98 Å². The Morgan fingerprint density at radius 1 is 1.16 bits per heavy atom. The Morgan fingerprint density at radius 2 is 1.84 bits per heavy atom. The quantitative estimate of drug-likeness (QED) is 0.918. The van der Waals surface area contributed by atoms with Crippen LogP contribution >= 0.6 is 11.3 Å². The van der Waals surface area contributed by atoms with Crippen LogP contribution in [0.2, 0.25) is 0 Å². The molecule has 3 heteroatoms. The van der Waals surface area contributed by atoms with Gasteiger partial charge in [-0.05, 0) is 23.6 Å². The number of hydrogen-bond acceptors (Lipinski definition) is 3. The molecule has 0 atom stereocenters. The van der Waals surface area contributed by atoms with Crippen LogP contribution in [0.5, 0.6) is 0 Å². The third-order valence-corrected chi connectivity index (χ3v) is 4.03. The number of aromatic nitrogens is 1. The van der Waals surface area contributed by atoms with E-state index in [0.717, 1.165) is 18.7 Å². The molecule has 0 bridgehead atoms. The van der Waals surface area contributed by atoms with Gasteiger partial charge in [-0.3, -0.25) is 0 Å². The highest BCUT2D eigenvalue weighted by Crippen LogP contribution is 2.23. The molecule has 1 heterocycles. The molecule has 0 spiro atoms. The summed E-state index contributed by atoms with van der Waals surface area (Å²) in [7, 11) is 1.95. The average molecular weight is 274 g/mol. The number of thiazole rings is 1. The highest BCUT2D eigenvalue weighted by Gasteiger charge is 2.13. The van der Waals surface area contributed by atoms with Gasteiger partial charge in [0.15, 0.2) is 0 Å². The van der Waals surface area contributed by atoms with Crippen molar-refractivity contribution in [3.05, 3.63) is 51.5 Å². The van der Waals surface area contributed by atoms with Gasteiger partial charge < -0.3 is 5.32 Å². The predicted octanol–water partition coefficient (Wildman–Crippen LogP) is 3.75. The van der Waals surface area contributed by atoms with Gasteiger partial charge in [0.2, 0.25) is 0 Å². The van der Waals surface area contributed by atoms with Crippen LogP contribution in [-0.2, 0) is 18.4 Å². The van der Waals surface area contributed by atoms with Gasteiger partial charge in [-0.1, -0.05) is 45.0 Å². The third kappa shape index (κ3) is 3.88. The summed E-state index contributed by atoms with van der Waals surface area (Å²) in [6.45, 7) is 7.58. The molecule has 0 aliphatic carbocycles. The van der Waals surface area contributed by atoms with Crippen LogP contribution in [0.3, 0.4) is 0 Å². The lowest BCUT2D eigenvalue weighted by Crippen LogP contribution is -2.10. The highest BCUT2D eigenvalue weighted by atomic mass is 32.1. The van der Waals surface area contributed by atoms with Crippen LogP contribution in [-0.4, -0.2) is 12.0 Å². The normalized spacial score (nSPS) is 11.8. The lowest BCUT2D eigenvalue weighted by molar-refractivity contribution is 0.590. The van der Waals surface area contributed by atoms with Crippen molar-refractivity contribution in [1.29, 1.82) is 0 Å². The van der Waals surface area contributed by atoms with Crippen LogP contribution in [0.25, 0.3) is 0 Å². The summed E-state index contributed by atoms with van der Waals surface area (Å²) in [4.78, 5) is 4.62. The minimum absolute atomic E-state index is 0.222. The second-order valence-corrected chi connectivity index (χ2v) is 6.83. The average Bonchev–Trinajstić information content (AvgIpc) is 2.77. The minimum atomic E-state index is 0.222. The Balaban J connectivity index is 2.06. The molecule has 0 amide bonds.